The monoisotopic (exact) mass is 321 g/mol. The summed E-state index contributed by atoms with van der Waals surface area (Å²) in [5.74, 6) is 1.12. The molecule has 1 N–H and O–H groups in total. The van der Waals surface area contributed by atoms with E-state index in [0.29, 0.717) is 23.7 Å². The lowest BCUT2D eigenvalue weighted by Crippen LogP contribution is -2.13. The zero-order chi connectivity index (χ0) is 16.5. The Morgan fingerprint density at radius 3 is 2.96 bits per heavy atom. The minimum atomic E-state index is -0.157. The Balaban J connectivity index is 1.60. The lowest BCUT2D eigenvalue weighted by molar-refractivity contribution is 0.102. The second-order valence-corrected chi connectivity index (χ2v) is 5.65. The summed E-state index contributed by atoms with van der Waals surface area (Å²) >= 11 is 0. The highest BCUT2D eigenvalue weighted by molar-refractivity contribution is 6.05. The average Bonchev–Trinajstić information content (AvgIpc) is 3.27. The Labute approximate surface area is 138 Å². The van der Waals surface area contributed by atoms with Crippen LogP contribution in [0, 0.1) is 6.92 Å². The maximum Gasteiger partial charge on any atom is 0.255 e. The summed E-state index contributed by atoms with van der Waals surface area (Å²) in [6, 6.07) is 11.1. The zero-order valence-electron chi connectivity index (χ0n) is 13.1. The molecule has 0 unspecified atom stereocenters. The third-order valence-corrected chi connectivity index (χ3v) is 4.04. The number of benzene rings is 2. The second-order valence-electron chi connectivity index (χ2n) is 5.65. The van der Waals surface area contributed by atoms with Crippen molar-refractivity contribution >= 4 is 11.6 Å². The van der Waals surface area contributed by atoms with Crippen LogP contribution in [-0.4, -0.2) is 22.7 Å². The molecule has 6 heteroatoms. The van der Waals surface area contributed by atoms with Crippen molar-refractivity contribution < 1.29 is 13.9 Å². The summed E-state index contributed by atoms with van der Waals surface area (Å²) in [5, 5.41) is 10.5. The minimum Gasteiger partial charge on any atom is -0.493 e. The predicted molar refractivity (Wildman–Crippen MR) is 88.1 cm³/mol. The first-order valence-electron chi connectivity index (χ1n) is 7.65. The third kappa shape index (κ3) is 2.62. The first-order valence-corrected chi connectivity index (χ1v) is 7.65. The van der Waals surface area contributed by atoms with Gasteiger partial charge in [-0.3, -0.25) is 4.79 Å². The van der Waals surface area contributed by atoms with E-state index in [4.69, 9.17) is 9.15 Å². The summed E-state index contributed by atoms with van der Waals surface area (Å²) in [7, 11) is 0. The fourth-order valence-corrected chi connectivity index (χ4v) is 2.71. The van der Waals surface area contributed by atoms with Crippen LogP contribution < -0.4 is 10.1 Å². The lowest BCUT2D eigenvalue weighted by Gasteiger charge is -2.10. The van der Waals surface area contributed by atoms with Gasteiger partial charge in [-0.25, -0.2) is 0 Å². The van der Waals surface area contributed by atoms with Crippen LogP contribution in [0.2, 0.25) is 0 Å². The van der Waals surface area contributed by atoms with Crippen molar-refractivity contribution in [2.75, 3.05) is 11.9 Å². The van der Waals surface area contributed by atoms with Crippen molar-refractivity contribution in [2.24, 2.45) is 0 Å². The van der Waals surface area contributed by atoms with Gasteiger partial charge in [0.1, 0.15) is 5.75 Å². The second kappa shape index (κ2) is 5.81. The van der Waals surface area contributed by atoms with E-state index >= 15 is 0 Å². The summed E-state index contributed by atoms with van der Waals surface area (Å²) in [6.45, 7) is 2.61. The molecule has 0 fully saturated rings. The van der Waals surface area contributed by atoms with Gasteiger partial charge in [0.05, 0.1) is 6.61 Å². The molecule has 0 radical (unpaired) electrons. The molecule has 1 aromatic heterocycles. The highest BCUT2D eigenvalue weighted by Gasteiger charge is 2.16. The van der Waals surface area contributed by atoms with Crippen molar-refractivity contribution in [3.8, 4) is 17.2 Å². The predicted octanol–water partition coefficient (Wildman–Crippen LogP) is 3.23. The van der Waals surface area contributed by atoms with Gasteiger partial charge < -0.3 is 14.5 Å². The molecule has 1 amide bonds. The molecule has 4 rings (SSSR count). The molecular formula is C18H15N3O3. The fraction of sp³-hybridized carbons (Fsp3) is 0.167. The van der Waals surface area contributed by atoms with Crippen LogP contribution in [0.5, 0.6) is 5.75 Å². The number of carbonyl (C=O) groups excluding carboxylic acids is 1. The van der Waals surface area contributed by atoms with E-state index in [-0.39, 0.29) is 5.91 Å². The standard InChI is InChI=1S/C18H15N3O3/c1-11-2-3-14(18-21-19-10-24-18)9-15(11)20-17(22)13-4-5-16-12(8-13)6-7-23-16/h2-5,8-10H,6-7H2,1H3,(H,20,22). The number of anilines is 1. The molecule has 1 aliphatic heterocycles. The molecular weight excluding hydrogens is 306 g/mol. The van der Waals surface area contributed by atoms with Gasteiger partial charge in [0, 0.05) is 23.2 Å². The number of nitrogens with zero attached hydrogens (tertiary/aromatic N) is 2. The summed E-state index contributed by atoms with van der Waals surface area (Å²) in [5.41, 5.74) is 4.11. The lowest BCUT2D eigenvalue weighted by atomic mass is 10.1. The van der Waals surface area contributed by atoms with E-state index in [1.165, 1.54) is 6.39 Å². The van der Waals surface area contributed by atoms with E-state index in [1.54, 1.807) is 6.07 Å². The topological polar surface area (TPSA) is 77.3 Å². The molecule has 0 atom stereocenters. The van der Waals surface area contributed by atoms with Crippen LogP contribution in [0.1, 0.15) is 21.5 Å². The van der Waals surface area contributed by atoms with Gasteiger partial charge in [-0.1, -0.05) is 6.07 Å². The van der Waals surface area contributed by atoms with Gasteiger partial charge in [0.15, 0.2) is 0 Å². The van der Waals surface area contributed by atoms with E-state index in [1.807, 2.05) is 37.3 Å². The average molecular weight is 321 g/mol. The number of fused-ring (bicyclic) bond motifs is 1. The number of aryl methyl sites for hydroxylation is 1. The Morgan fingerprint density at radius 1 is 1.21 bits per heavy atom. The fourth-order valence-electron chi connectivity index (χ4n) is 2.71. The normalized spacial score (nSPS) is 12.5. The van der Waals surface area contributed by atoms with E-state index < -0.39 is 0 Å². The highest BCUT2D eigenvalue weighted by atomic mass is 16.5. The highest BCUT2D eigenvalue weighted by Crippen LogP contribution is 2.27. The van der Waals surface area contributed by atoms with Crippen LogP contribution in [0.3, 0.4) is 0 Å². The number of rotatable bonds is 3. The van der Waals surface area contributed by atoms with Gasteiger partial charge in [-0.05, 0) is 48.4 Å². The number of carbonyl (C=O) groups is 1. The van der Waals surface area contributed by atoms with E-state index in [0.717, 1.165) is 28.9 Å². The molecule has 0 spiro atoms. The SMILES string of the molecule is Cc1ccc(-c2nnco2)cc1NC(=O)c1ccc2c(c1)CCO2. The van der Waals surface area contributed by atoms with Crippen LogP contribution in [0.4, 0.5) is 5.69 Å². The first-order chi connectivity index (χ1) is 11.7. The maximum absolute atomic E-state index is 12.6. The van der Waals surface area contributed by atoms with Gasteiger partial charge in [0.25, 0.3) is 5.91 Å². The van der Waals surface area contributed by atoms with Gasteiger partial charge in [-0.15, -0.1) is 10.2 Å². The van der Waals surface area contributed by atoms with Crippen LogP contribution in [0.25, 0.3) is 11.5 Å². The number of hydrogen-bond acceptors (Lipinski definition) is 5. The Hall–Kier alpha value is -3.15. The Kier molecular flexibility index (Phi) is 3.49. The molecule has 0 aliphatic carbocycles. The minimum absolute atomic E-state index is 0.157. The van der Waals surface area contributed by atoms with Crippen molar-refractivity contribution in [3.63, 3.8) is 0 Å². The molecule has 120 valence electrons. The first kappa shape index (κ1) is 14.4. The molecule has 1 aliphatic rings. The molecule has 0 saturated carbocycles. The number of amides is 1. The van der Waals surface area contributed by atoms with Gasteiger partial charge in [-0.2, -0.15) is 0 Å². The summed E-state index contributed by atoms with van der Waals surface area (Å²) < 4.78 is 10.7. The van der Waals surface area contributed by atoms with Crippen LogP contribution >= 0.6 is 0 Å². The molecule has 6 nitrogen and oxygen atoms in total. The third-order valence-electron chi connectivity index (χ3n) is 4.04. The van der Waals surface area contributed by atoms with Crippen LogP contribution in [0.15, 0.2) is 47.2 Å². The van der Waals surface area contributed by atoms with Crippen molar-refractivity contribution in [1.82, 2.24) is 10.2 Å². The molecule has 0 saturated heterocycles. The molecule has 2 aromatic carbocycles. The number of ether oxygens (including phenoxy) is 1. The molecule has 2 heterocycles. The van der Waals surface area contributed by atoms with E-state index in [2.05, 4.69) is 15.5 Å². The molecule has 24 heavy (non-hydrogen) atoms. The largest absolute Gasteiger partial charge is 0.493 e. The number of aromatic nitrogens is 2. The van der Waals surface area contributed by atoms with Crippen molar-refractivity contribution in [2.45, 2.75) is 13.3 Å². The Bertz CT molecular complexity index is 904. The van der Waals surface area contributed by atoms with Crippen molar-refractivity contribution in [1.29, 1.82) is 0 Å². The summed E-state index contributed by atoms with van der Waals surface area (Å²) in [6.07, 6.45) is 2.11. The maximum atomic E-state index is 12.6. The van der Waals surface area contributed by atoms with Gasteiger partial charge in [0.2, 0.25) is 12.3 Å². The Morgan fingerprint density at radius 2 is 2.12 bits per heavy atom. The summed E-state index contributed by atoms with van der Waals surface area (Å²) in [4.78, 5) is 12.6. The number of nitrogens with one attached hydrogen (secondary N) is 1. The molecule has 0 bridgehead atoms. The number of hydrogen-bond donors (Lipinski definition) is 1. The molecule has 3 aromatic rings. The smallest absolute Gasteiger partial charge is 0.255 e. The van der Waals surface area contributed by atoms with E-state index in [9.17, 15) is 4.79 Å². The van der Waals surface area contributed by atoms with Gasteiger partial charge >= 0.3 is 0 Å². The van der Waals surface area contributed by atoms with Crippen molar-refractivity contribution in [3.05, 3.63) is 59.5 Å². The van der Waals surface area contributed by atoms with Crippen LogP contribution in [-0.2, 0) is 6.42 Å². The quantitative estimate of drug-likeness (QED) is 0.801. The zero-order valence-corrected chi connectivity index (χ0v) is 13.1.